The molecule has 0 fully saturated rings. The minimum atomic E-state index is -0.693. The molecule has 0 atom stereocenters. The minimum absolute atomic E-state index is 0.0671. The first kappa shape index (κ1) is 14.4. The predicted octanol–water partition coefficient (Wildman–Crippen LogP) is 3.64. The van der Waals surface area contributed by atoms with Crippen LogP contribution in [0, 0.1) is 0 Å². The van der Waals surface area contributed by atoms with E-state index in [9.17, 15) is 9.59 Å². The maximum absolute atomic E-state index is 12.2. The van der Waals surface area contributed by atoms with Crippen molar-refractivity contribution in [3.8, 4) is 10.1 Å². The molecule has 22 heavy (non-hydrogen) atoms. The van der Waals surface area contributed by atoms with E-state index in [1.165, 1.54) is 34.9 Å². The normalized spacial score (nSPS) is 10.2. The summed E-state index contributed by atoms with van der Waals surface area (Å²) in [5.74, 6) is -1.34. The summed E-state index contributed by atoms with van der Waals surface area (Å²) in [4.78, 5) is 28.3. The number of nitrogens with zero attached hydrogens (tertiary/aromatic N) is 1. The molecule has 0 spiro atoms. The van der Waals surface area contributed by atoms with Crippen molar-refractivity contribution in [3.63, 3.8) is 0 Å². The molecular formula is C15H9NO4S2. The van der Waals surface area contributed by atoms with Crippen LogP contribution in [0.25, 0.3) is 0 Å². The average Bonchev–Trinajstić information content (AvgIpc) is 3.21. The number of carbonyl (C=O) groups excluding carboxylic acids is 2. The van der Waals surface area contributed by atoms with Crippen LogP contribution in [-0.2, 0) is 0 Å². The van der Waals surface area contributed by atoms with Gasteiger partial charge in [-0.1, -0.05) is 0 Å². The molecule has 0 unspecified atom stereocenters. The zero-order valence-corrected chi connectivity index (χ0v) is 12.7. The van der Waals surface area contributed by atoms with Gasteiger partial charge in [0.25, 0.3) is 0 Å². The number of carbonyl (C=O) groups is 2. The fourth-order valence-electron chi connectivity index (χ4n) is 1.66. The van der Waals surface area contributed by atoms with Gasteiger partial charge in [-0.15, -0.1) is 22.7 Å². The van der Waals surface area contributed by atoms with Crippen LogP contribution in [0.15, 0.2) is 53.4 Å². The van der Waals surface area contributed by atoms with Gasteiger partial charge in [0.2, 0.25) is 0 Å². The Balaban J connectivity index is 1.83. The molecule has 3 heterocycles. The molecule has 0 amide bonds. The highest BCUT2D eigenvalue weighted by atomic mass is 32.1. The van der Waals surface area contributed by atoms with Crippen molar-refractivity contribution in [2.75, 3.05) is 0 Å². The molecular weight excluding hydrogens is 322 g/mol. The Morgan fingerprint density at radius 3 is 2.09 bits per heavy atom. The van der Waals surface area contributed by atoms with Gasteiger partial charge in [0.15, 0.2) is 15.8 Å². The van der Waals surface area contributed by atoms with E-state index in [0.717, 1.165) is 0 Å². The number of aromatic nitrogens is 1. The molecule has 3 aromatic heterocycles. The van der Waals surface area contributed by atoms with Crippen LogP contribution in [0.1, 0.15) is 20.8 Å². The number of pyridine rings is 1. The lowest BCUT2D eigenvalue weighted by molar-refractivity contribution is 0.0693. The summed E-state index contributed by atoms with van der Waals surface area (Å²) in [6.45, 7) is 0. The molecule has 3 aromatic rings. The molecule has 0 aliphatic heterocycles. The van der Waals surface area contributed by atoms with Crippen LogP contribution in [0.4, 0.5) is 0 Å². The fourth-order valence-corrected chi connectivity index (χ4v) is 2.81. The van der Waals surface area contributed by atoms with Crippen LogP contribution in [0.2, 0.25) is 0 Å². The molecule has 0 saturated carbocycles. The summed E-state index contributed by atoms with van der Waals surface area (Å²) in [5.41, 5.74) is -0.00471. The molecule has 0 N–H and O–H groups in total. The summed E-state index contributed by atoms with van der Waals surface area (Å²) in [7, 11) is 0. The standard InChI is InChI=1S/C15H9NO4S2/c17-14(19-11-5-2-8-21-11)10-4-1-7-16-13(10)15(18)20-12-6-3-9-22-12/h1-9H. The Morgan fingerprint density at radius 2 is 1.50 bits per heavy atom. The smallest absolute Gasteiger partial charge is 0.364 e. The Bertz CT molecular complexity index is 715. The Hall–Kier alpha value is -2.51. The van der Waals surface area contributed by atoms with Gasteiger partial charge in [-0.2, -0.15) is 0 Å². The maximum atomic E-state index is 12.2. The summed E-state index contributed by atoms with van der Waals surface area (Å²) < 4.78 is 10.4. The van der Waals surface area contributed by atoms with Crippen molar-refractivity contribution < 1.29 is 19.1 Å². The molecule has 0 aliphatic carbocycles. The lowest BCUT2D eigenvalue weighted by atomic mass is 10.2. The van der Waals surface area contributed by atoms with Crippen molar-refractivity contribution in [2.45, 2.75) is 0 Å². The molecule has 3 rings (SSSR count). The van der Waals surface area contributed by atoms with E-state index < -0.39 is 11.9 Å². The van der Waals surface area contributed by atoms with Crippen LogP contribution < -0.4 is 9.47 Å². The van der Waals surface area contributed by atoms with Crippen LogP contribution >= 0.6 is 22.7 Å². The third kappa shape index (κ3) is 3.21. The highest BCUT2D eigenvalue weighted by molar-refractivity contribution is 7.12. The second kappa shape index (κ2) is 6.50. The summed E-state index contributed by atoms with van der Waals surface area (Å²) in [5, 5.41) is 4.46. The van der Waals surface area contributed by atoms with Gasteiger partial charge < -0.3 is 9.47 Å². The number of hydrogen-bond acceptors (Lipinski definition) is 7. The highest BCUT2D eigenvalue weighted by Gasteiger charge is 2.22. The van der Waals surface area contributed by atoms with E-state index in [0.29, 0.717) is 10.1 Å². The molecule has 0 aromatic carbocycles. The second-order valence-electron chi connectivity index (χ2n) is 4.04. The van der Waals surface area contributed by atoms with E-state index in [-0.39, 0.29) is 11.3 Å². The molecule has 0 saturated heterocycles. The van der Waals surface area contributed by atoms with Gasteiger partial charge in [0.1, 0.15) is 0 Å². The van der Waals surface area contributed by atoms with Gasteiger partial charge in [-0.05, 0) is 47.2 Å². The van der Waals surface area contributed by atoms with Crippen LogP contribution in [0.3, 0.4) is 0 Å². The van der Waals surface area contributed by atoms with Crippen LogP contribution in [0.5, 0.6) is 10.1 Å². The molecule has 110 valence electrons. The summed E-state index contributed by atoms with van der Waals surface area (Å²) in [6, 6.07) is 9.90. The third-order valence-corrected chi connectivity index (χ3v) is 4.09. The number of thiophene rings is 2. The van der Waals surface area contributed by atoms with Gasteiger partial charge in [-0.3, -0.25) is 0 Å². The SMILES string of the molecule is O=C(Oc1cccs1)c1cccnc1C(=O)Oc1cccs1. The Labute approximate surface area is 133 Å². The molecule has 5 nitrogen and oxygen atoms in total. The van der Waals surface area contributed by atoms with Crippen molar-refractivity contribution in [1.29, 1.82) is 0 Å². The molecule has 0 aliphatic rings. The number of hydrogen-bond donors (Lipinski definition) is 0. The first-order valence-corrected chi connectivity index (χ1v) is 7.96. The van der Waals surface area contributed by atoms with Crippen LogP contribution in [-0.4, -0.2) is 16.9 Å². The van der Waals surface area contributed by atoms with Crippen molar-refractivity contribution in [3.05, 3.63) is 64.6 Å². The molecule has 0 radical (unpaired) electrons. The van der Waals surface area contributed by atoms with Gasteiger partial charge in [0.05, 0.1) is 5.56 Å². The van der Waals surface area contributed by atoms with E-state index >= 15 is 0 Å². The zero-order chi connectivity index (χ0) is 15.4. The Kier molecular flexibility index (Phi) is 4.27. The van der Waals surface area contributed by atoms with Gasteiger partial charge in [-0.25, -0.2) is 14.6 Å². The average molecular weight is 331 g/mol. The van der Waals surface area contributed by atoms with Crippen molar-refractivity contribution >= 4 is 34.6 Å². The first-order chi connectivity index (χ1) is 10.7. The van der Waals surface area contributed by atoms with Crippen molar-refractivity contribution in [1.82, 2.24) is 4.98 Å². The number of esters is 2. The first-order valence-electron chi connectivity index (χ1n) is 6.20. The molecule has 7 heteroatoms. The lowest BCUT2D eigenvalue weighted by Crippen LogP contribution is -2.18. The van der Waals surface area contributed by atoms with Gasteiger partial charge in [0, 0.05) is 6.20 Å². The largest absolute Gasteiger partial charge is 0.412 e. The Morgan fingerprint density at radius 1 is 0.864 bits per heavy atom. The van der Waals surface area contributed by atoms with E-state index in [2.05, 4.69) is 4.98 Å². The third-order valence-electron chi connectivity index (χ3n) is 2.60. The highest BCUT2D eigenvalue weighted by Crippen LogP contribution is 2.22. The predicted molar refractivity (Wildman–Crippen MR) is 82.8 cm³/mol. The number of ether oxygens (including phenoxy) is 2. The zero-order valence-electron chi connectivity index (χ0n) is 11.1. The van der Waals surface area contributed by atoms with Crippen molar-refractivity contribution in [2.24, 2.45) is 0 Å². The topological polar surface area (TPSA) is 65.5 Å². The maximum Gasteiger partial charge on any atom is 0.364 e. The van der Waals surface area contributed by atoms with E-state index in [1.807, 2.05) is 0 Å². The fraction of sp³-hybridized carbons (Fsp3) is 0. The van der Waals surface area contributed by atoms with Gasteiger partial charge >= 0.3 is 11.9 Å². The monoisotopic (exact) mass is 331 g/mol. The summed E-state index contributed by atoms with van der Waals surface area (Å²) >= 11 is 2.56. The summed E-state index contributed by atoms with van der Waals surface area (Å²) in [6.07, 6.45) is 1.42. The minimum Gasteiger partial charge on any atom is -0.412 e. The number of rotatable bonds is 4. The molecule has 0 bridgehead atoms. The van der Waals surface area contributed by atoms with E-state index in [1.54, 1.807) is 41.1 Å². The quantitative estimate of drug-likeness (QED) is 0.683. The van der Waals surface area contributed by atoms with E-state index in [4.69, 9.17) is 9.47 Å². The second-order valence-corrected chi connectivity index (χ2v) is 5.86. The lowest BCUT2D eigenvalue weighted by Gasteiger charge is -2.06.